The Morgan fingerprint density at radius 3 is 2.79 bits per heavy atom. The molecule has 0 aliphatic carbocycles. The van der Waals surface area contributed by atoms with Gasteiger partial charge in [-0.15, -0.1) is 0 Å². The van der Waals surface area contributed by atoms with E-state index in [4.69, 9.17) is 0 Å². The number of hydrogen-bond donors (Lipinski definition) is 0. The highest BCUT2D eigenvalue weighted by atomic mass is 32.2. The molecular formula is C8H11N5S. The third kappa shape index (κ3) is 1.79. The van der Waals surface area contributed by atoms with Crippen LogP contribution in [0.4, 0.5) is 0 Å². The largest absolute Gasteiger partial charge is 0.337 e. The third-order valence-corrected chi connectivity index (χ3v) is 2.95. The molecule has 0 aliphatic rings. The number of aryl methyl sites for hydroxylation is 2. The first-order valence-corrected chi connectivity index (χ1v) is 5.19. The molecule has 2 aromatic rings. The molecule has 0 N–H and O–H groups in total. The SMILES string of the molecule is Cn1ccnc1CSc1ncnn1C. The number of imidazole rings is 1. The van der Waals surface area contributed by atoms with Crippen molar-refractivity contribution < 1.29 is 0 Å². The molecule has 0 bridgehead atoms. The van der Waals surface area contributed by atoms with Crippen molar-refractivity contribution in [1.29, 1.82) is 0 Å². The van der Waals surface area contributed by atoms with Crippen molar-refractivity contribution in [2.75, 3.05) is 0 Å². The Morgan fingerprint density at radius 1 is 1.36 bits per heavy atom. The summed E-state index contributed by atoms with van der Waals surface area (Å²) in [6, 6.07) is 0. The summed E-state index contributed by atoms with van der Waals surface area (Å²) < 4.78 is 3.76. The molecule has 0 saturated carbocycles. The zero-order chi connectivity index (χ0) is 9.97. The minimum Gasteiger partial charge on any atom is -0.337 e. The van der Waals surface area contributed by atoms with Crippen LogP contribution in [0.2, 0.25) is 0 Å². The summed E-state index contributed by atoms with van der Waals surface area (Å²) >= 11 is 1.63. The summed E-state index contributed by atoms with van der Waals surface area (Å²) in [4.78, 5) is 8.35. The lowest BCUT2D eigenvalue weighted by Gasteiger charge is -2.00. The van der Waals surface area contributed by atoms with Gasteiger partial charge in [-0.05, 0) is 0 Å². The summed E-state index contributed by atoms with van der Waals surface area (Å²) in [5.74, 6) is 1.86. The Kier molecular flexibility index (Phi) is 2.53. The Morgan fingerprint density at radius 2 is 2.21 bits per heavy atom. The van der Waals surface area contributed by atoms with Gasteiger partial charge < -0.3 is 4.57 Å². The molecule has 0 amide bonds. The fraction of sp³-hybridized carbons (Fsp3) is 0.375. The second-order valence-corrected chi connectivity index (χ2v) is 3.85. The van der Waals surface area contributed by atoms with Gasteiger partial charge in [-0.25, -0.2) is 14.6 Å². The van der Waals surface area contributed by atoms with Crippen molar-refractivity contribution in [2.24, 2.45) is 14.1 Å². The van der Waals surface area contributed by atoms with Crippen LogP contribution in [0.15, 0.2) is 23.9 Å². The van der Waals surface area contributed by atoms with Crippen molar-refractivity contribution >= 4 is 11.8 Å². The number of aromatic nitrogens is 5. The lowest BCUT2D eigenvalue weighted by Crippen LogP contribution is -1.97. The van der Waals surface area contributed by atoms with Gasteiger partial charge in [0.25, 0.3) is 0 Å². The van der Waals surface area contributed by atoms with E-state index >= 15 is 0 Å². The number of nitrogens with zero attached hydrogens (tertiary/aromatic N) is 5. The molecule has 0 fully saturated rings. The molecule has 0 radical (unpaired) electrons. The maximum atomic E-state index is 4.23. The summed E-state index contributed by atoms with van der Waals surface area (Å²) in [6.07, 6.45) is 5.29. The molecule has 0 aromatic carbocycles. The fourth-order valence-electron chi connectivity index (χ4n) is 1.08. The lowest BCUT2D eigenvalue weighted by molar-refractivity contribution is 0.684. The highest BCUT2D eigenvalue weighted by molar-refractivity contribution is 7.98. The van der Waals surface area contributed by atoms with Gasteiger partial charge in [0.2, 0.25) is 0 Å². The average molecular weight is 209 g/mol. The molecule has 0 spiro atoms. The van der Waals surface area contributed by atoms with Crippen LogP contribution >= 0.6 is 11.8 Å². The molecule has 0 atom stereocenters. The van der Waals surface area contributed by atoms with E-state index in [1.165, 1.54) is 0 Å². The van der Waals surface area contributed by atoms with E-state index in [1.54, 1.807) is 29.0 Å². The zero-order valence-corrected chi connectivity index (χ0v) is 8.90. The van der Waals surface area contributed by atoms with E-state index in [9.17, 15) is 0 Å². The molecule has 0 aliphatic heterocycles. The Bertz CT molecular complexity index is 379. The summed E-state index contributed by atoms with van der Waals surface area (Å²) in [7, 11) is 3.87. The van der Waals surface area contributed by atoms with Gasteiger partial charge in [0.05, 0.1) is 5.75 Å². The second kappa shape index (κ2) is 3.83. The van der Waals surface area contributed by atoms with E-state index in [0.717, 1.165) is 16.7 Å². The van der Waals surface area contributed by atoms with Gasteiger partial charge >= 0.3 is 0 Å². The molecule has 0 saturated heterocycles. The first kappa shape index (κ1) is 9.26. The molecule has 2 heterocycles. The number of hydrogen-bond acceptors (Lipinski definition) is 4. The Hall–Kier alpha value is -1.30. The molecular weight excluding hydrogens is 198 g/mol. The quantitative estimate of drug-likeness (QED) is 0.703. The van der Waals surface area contributed by atoms with E-state index in [2.05, 4.69) is 15.1 Å². The maximum absolute atomic E-state index is 4.23. The van der Waals surface area contributed by atoms with Gasteiger partial charge in [0.1, 0.15) is 12.2 Å². The van der Waals surface area contributed by atoms with Crippen LogP contribution in [-0.4, -0.2) is 24.3 Å². The Balaban J connectivity index is 2.02. The van der Waals surface area contributed by atoms with E-state index < -0.39 is 0 Å². The predicted molar refractivity (Wildman–Crippen MR) is 53.8 cm³/mol. The van der Waals surface area contributed by atoms with E-state index in [1.807, 2.05) is 24.9 Å². The average Bonchev–Trinajstić information content (AvgIpc) is 2.72. The number of thioether (sulfide) groups is 1. The first-order chi connectivity index (χ1) is 6.77. The highest BCUT2D eigenvalue weighted by Gasteiger charge is 2.04. The van der Waals surface area contributed by atoms with Crippen molar-refractivity contribution in [3.63, 3.8) is 0 Å². The number of rotatable bonds is 3. The van der Waals surface area contributed by atoms with Crippen molar-refractivity contribution in [3.05, 3.63) is 24.5 Å². The van der Waals surface area contributed by atoms with Gasteiger partial charge in [0, 0.05) is 26.5 Å². The molecule has 2 aromatic heterocycles. The maximum Gasteiger partial charge on any atom is 0.186 e. The summed E-state index contributed by atoms with van der Waals surface area (Å²) in [6.45, 7) is 0. The molecule has 2 rings (SSSR count). The standard InChI is InChI=1S/C8H11N5S/c1-12-4-3-9-7(12)5-14-8-10-6-11-13(8)2/h3-4,6H,5H2,1-2H3. The molecule has 14 heavy (non-hydrogen) atoms. The monoisotopic (exact) mass is 209 g/mol. The van der Waals surface area contributed by atoms with Crippen LogP contribution in [0.3, 0.4) is 0 Å². The Labute approximate surface area is 86.2 Å². The summed E-state index contributed by atoms with van der Waals surface area (Å²) in [5, 5.41) is 4.91. The third-order valence-electron chi connectivity index (χ3n) is 1.92. The van der Waals surface area contributed by atoms with Crippen molar-refractivity contribution in [2.45, 2.75) is 10.9 Å². The minimum absolute atomic E-state index is 0.816. The van der Waals surface area contributed by atoms with Crippen LogP contribution < -0.4 is 0 Å². The van der Waals surface area contributed by atoms with Crippen LogP contribution in [0.1, 0.15) is 5.82 Å². The van der Waals surface area contributed by atoms with Gasteiger partial charge in [-0.2, -0.15) is 5.10 Å². The highest BCUT2D eigenvalue weighted by Crippen LogP contribution is 2.17. The van der Waals surface area contributed by atoms with Gasteiger partial charge in [-0.3, -0.25) is 0 Å². The van der Waals surface area contributed by atoms with Gasteiger partial charge in [-0.1, -0.05) is 11.8 Å². The minimum atomic E-state index is 0.816. The lowest BCUT2D eigenvalue weighted by atomic mass is 10.7. The van der Waals surface area contributed by atoms with Gasteiger partial charge in [0.15, 0.2) is 5.16 Å². The zero-order valence-electron chi connectivity index (χ0n) is 8.08. The molecule has 6 heteroatoms. The first-order valence-electron chi connectivity index (χ1n) is 4.20. The van der Waals surface area contributed by atoms with E-state index in [-0.39, 0.29) is 0 Å². The van der Waals surface area contributed by atoms with E-state index in [0.29, 0.717) is 0 Å². The van der Waals surface area contributed by atoms with Crippen molar-refractivity contribution in [3.8, 4) is 0 Å². The predicted octanol–water partition coefficient (Wildman–Crippen LogP) is 0.841. The fourth-order valence-corrected chi connectivity index (χ4v) is 1.97. The van der Waals surface area contributed by atoms with Crippen LogP contribution in [-0.2, 0) is 19.8 Å². The van der Waals surface area contributed by atoms with Crippen LogP contribution in [0.5, 0.6) is 0 Å². The molecule has 74 valence electrons. The van der Waals surface area contributed by atoms with Crippen LogP contribution in [0.25, 0.3) is 0 Å². The second-order valence-electron chi connectivity index (χ2n) is 2.91. The smallest absolute Gasteiger partial charge is 0.186 e. The summed E-state index contributed by atoms with van der Waals surface area (Å²) in [5.41, 5.74) is 0. The molecule has 5 nitrogen and oxygen atoms in total. The topological polar surface area (TPSA) is 48.5 Å². The van der Waals surface area contributed by atoms with Crippen LogP contribution in [0, 0.1) is 0 Å². The molecule has 0 unspecified atom stereocenters. The normalized spacial score (nSPS) is 10.7. The van der Waals surface area contributed by atoms with Crippen molar-refractivity contribution in [1.82, 2.24) is 24.3 Å².